The molecule has 3 aromatic carbocycles. The number of nitrogens with zero attached hydrogens (tertiary/aromatic N) is 1. The molecule has 0 aliphatic carbocycles. The molecule has 2 aliphatic rings. The lowest BCUT2D eigenvalue weighted by atomic mass is 9.80. The molecule has 206 valence electrons. The Balaban J connectivity index is 1.44. The average Bonchev–Trinajstić information content (AvgIpc) is 3.35. The minimum atomic E-state index is -3.59. The first-order valence-corrected chi connectivity index (χ1v) is 14.8. The molecule has 2 N–H and O–H groups in total. The summed E-state index contributed by atoms with van der Waals surface area (Å²) in [6.45, 7) is 0.159. The first kappa shape index (κ1) is 26.4. The van der Waals surface area contributed by atoms with Crippen molar-refractivity contribution in [3.63, 3.8) is 0 Å². The maximum absolute atomic E-state index is 13.4. The molecule has 0 radical (unpaired) electrons. The highest BCUT2D eigenvalue weighted by Gasteiger charge is 2.54. The zero-order chi connectivity index (χ0) is 27.7. The second-order valence-corrected chi connectivity index (χ2v) is 12.3. The SMILES string of the molecule is O=c1ccn([C@@H]2O[C@H](COC(c3ccccc3)(c3ccccc3)c3ccccc3)[C@@H]3[C@H]2NCCS3(=O)=O)c(=O)[nH]1. The Morgan fingerprint density at radius 1 is 0.850 bits per heavy atom. The van der Waals surface area contributed by atoms with Gasteiger partial charge in [-0.25, -0.2) is 13.2 Å². The third-order valence-corrected chi connectivity index (χ3v) is 9.85. The maximum Gasteiger partial charge on any atom is 0.330 e. The number of sulfone groups is 1. The van der Waals surface area contributed by atoms with E-state index in [2.05, 4.69) is 10.3 Å². The van der Waals surface area contributed by atoms with E-state index in [4.69, 9.17) is 9.47 Å². The fraction of sp³-hybridized carbons (Fsp3) is 0.267. The number of hydrogen-bond donors (Lipinski definition) is 2. The summed E-state index contributed by atoms with van der Waals surface area (Å²) in [5.41, 5.74) is 0.342. The molecule has 2 saturated heterocycles. The first-order valence-electron chi connectivity index (χ1n) is 13.1. The van der Waals surface area contributed by atoms with E-state index in [9.17, 15) is 18.0 Å². The molecule has 0 unspecified atom stereocenters. The molecule has 0 saturated carbocycles. The Hall–Kier alpha value is -3.83. The number of H-pyrrole nitrogens is 1. The monoisotopic (exact) mass is 559 g/mol. The van der Waals surface area contributed by atoms with E-state index in [0.29, 0.717) is 0 Å². The van der Waals surface area contributed by atoms with Crippen LogP contribution in [0, 0.1) is 0 Å². The van der Waals surface area contributed by atoms with Crippen LogP contribution in [0.2, 0.25) is 0 Å². The topological polar surface area (TPSA) is 119 Å². The maximum atomic E-state index is 13.4. The Labute approximate surface area is 231 Å². The minimum absolute atomic E-state index is 0.0531. The smallest absolute Gasteiger partial charge is 0.330 e. The molecule has 0 amide bonds. The van der Waals surface area contributed by atoms with Gasteiger partial charge in [0.2, 0.25) is 0 Å². The number of nitrogens with one attached hydrogen (secondary N) is 2. The third kappa shape index (κ3) is 4.62. The van der Waals surface area contributed by atoms with Gasteiger partial charge in [-0.05, 0) is 16.7 Å². The van der Waals surface area contributed by atoms with Crippen LogP contribution in [0.5, 0.6) is 0 Å². The van der Waals surface area contributed by atoms with Crippen LogP contribution >= 0.6 is 0 Å². The van der Waals surface area contributed by atoms with Gasteiger partial charge in [-0.3, -0.25) is 14.3 Å². The molecule has 4 atom stereocenters. The molecule has 6 rings (SSSR count). The van der Waals surface area contributed by atoms with Crippen molar-refractivity contribution in [1.82, 2.24) is 14.9 Å². The van der Waals surface area contributed by atoms with Crippen molar-refractivity contribution in [1.29, 1.82) is 0 Å². The highest BCUT2D eigenvalue weighted by Crippen LogP contribution is 2.42. The predicted molar refractivity (Wildman–Crippen MR) is 150 cm³/mol. The van der Waals surface area contributed by atoms with Crippen molar-refractivity contribution >= 4 is 9.84 Å². The van der Waals surface area contributed by atoms with Crippen LogP contribution in [0.1, 0.15) is 22.9 Å². The summed E-state index contributed by atoms with van der Waals surface area (Å²) in [6.07, 6.45) is -0.503. The zero-order valence-electron chi connectivity index (χ0n) is 21.6. The fourth-order valence-corrected chi connectivity index (χ4v) is 7.84. The number of aromatic amines is 1. The van der Waals surface area contributed by atoms with Crippen molar-refractivity contribution in [2.45, 2.75) is 29.2 Å². The molecule has 4 aromatic rings. The molecule has 0 spiro atoms. The number of fused-ring (bicyclic) bond motifs is 1. The summed E-state index contributed by atoms with van der Waals surface area (Å²) in [5.74, 6) is -0.0531. The van der Waals surface area contributed by atoms with Crippen LogP contribution in [0.25, 0.3) is 0 Å². The van der Waals surface area contributed by atoms with Gasteiger partial charge in [0.05, 0.1) is 18.4 Å². The van der Waals surface area contributed by atoms with Crippen molar-refractivity contribution in [3.8, 4) is 0 Å². The van der Waals surface area contributed by atoms with Gasteiger partial charge >= 0.3 is 5.69 Å². The molecular weight excluding hydrogens is 530 g/mol. The van der Waals surface area contributed by atoms with E-state index in [1.165, 1.54) is 16.8 Å². The molecule has 2 fully saturated rings. The van der Waals surface area contributed by atoms with Crippen LogP contribution in [-0.2, 0) is 24.9 Å². The van der Waals surface area contributed by atoms with Crippen LogP contribution in [-0.4, -0.2) is 54.3 Å². The summed E-state index contributed by atoms with van der Waals surface area (Å²) in [7, 11) is -3.59. The Bertz CT molecular complexity index is 1590. The first-order chi connectivity index (χ1) is 19.4. The lowest BCUT2D eigenvalue weighted by Crippen LogP contribution is -2.56. The number of aromatic nitrogens is 2. The lowest BCUT2D eigenvalue weighted by molar-refractivity contribution is -0.0786. The molecule has 10 heteroatoms. The van der Waals surface area contributed by atoms with Crippen LogP contribution in [0.3, 0.4) is 0 Å². The minimum Gasteiger partial charge on any atom is -0.358 e. The Morgan fingerprint density at radius 2 is 1.40 bits per heavy atom. The summed E-state index contributed by atoms with van der Waals surface area (Å²) in [4.78, 5) is 26.6. The van der Waals surface area contributed by atoms with Crippen molar-refractivity contribution in [3.05, 3.63) is 141 Å². The van der Waals surface area contributed by atoms with Gasteiger partial charge in [0.1, 0.15) is 17.0 Å². The van der Waals surface area contributed by atoms with Gasteiger partial charge in [-0.15, -0.1) is 0 Å². The second-order valence-electron chi connectivity index (χ2n) is 9.98. The third-order valence-electron chi connectivity index (χ3n) is 7.65. The summed E-state index contributed by atoms with van der Waals surface area (Å²) >= 11 is 0. The number of rotatable bonds is 7. The highest BCUT2D eigenvalue weighted by atomic mass is 32.2. The van der Waals surface area contributed by atoms with Crippen molar-refractivity contribution in [2.24, 2.45) is 0 Å². The van der Waals surface area contributed by atoms with Crippen molar-refractivity contribution < 1.29 is 17.9 Å². The van der Waals surface area contributed by atoms with Crippen LogP contribution < -0.4 is 16.6 Å². The van der Waals surface area contributed by atoms with E-state index in [-0.39, 0.29) is 18.9 Å². The zero-order valence-corrected chi connectivity index (χ0v) is 22.4. The average molecular weight is 560 g/mol. The van der Waals surface area contributed by atoms with E-state index >= 15 is 0 Å². The van der Waals surface area contributed by atoms with Gasteiger partial charge in [0, 0.05) is 18.8 Å². The van der Waals surface area contributed by atoms with Gasteiger partial charge in [-0.1, -0.05) is 91.0 Å². The fourth-order valence-electron chi connectivity index (χ4n) is 5.89. The molecule has 3 heterocycles. The van der Waals surface area contributed by atoms with Crippen molar-refractivity contribution in [2.75, 3.05) is 18.9 Å². The molecule has 40 heavy (non-hydrogen) atoms. The number of hydrogen-bond acceptors (Lipinski definition) is 7. The predicted octanol–water partition coefficient (Wildman–Crippen LogP) is 2.20. The molecular formula is C30H29N3O6S. The largest absolute Gasteiger partial charge is 0.358 e. The second kappa shape index (κ2) is 10.6. The molecule has 0 bridgehead atoms. The normalized spacial score (nSPS) is 23.9. The van der Waals surface area contributed by atoms with Gasteiger partial charge in [0.15, 0.2) is 16.1 Å². The van der Waals surface area contributed by atoms with Crippen LogP contribution in [0.15, 0.2) is 113 Å². The standard InChI is InChI=1S/C30H29N3O6S/c34-25-16-18-33(29(35)32-25)28-26-27(40(36,37)19-17-31-26)24(39-28)20-38-30(21-10-4-1-5-11-21,22-12-6-2-7-13-22)23-14-8-3-9-15-23/h1-16,18,24,26-28,31H,17,19-20H2,(H,32,34,35)/t24-,26-,27-,28-/m1/s1. The number of ether oxygens (including phenoxy) is 2. The molecule has 2 aliphatic heterocycles. The molecule has 1 aromatic heterocycles. The Morgan fingerprint density at radius 3 is 1.93 bits per heavy atom. The van der Waals surface area contributed by atoms with E-state index in [0.717, 1.165) is 16.7 Å². The lowest BCUT2D eigenvalue weighted by Gasteiger charge is -2.37. The Kier molecular flexibility index (Phi) is 7.01. The highest BCUT2D eigenvalue weighted by molar-refractivity contribution is 7.92. The van der Waals surface area contributed by atoms with Gasteiger partial charge in [-0.2, -0.15) is 0 Å². The van der Waals surface area contributed by atoms with Crippen LogP contribution in [0.4, 0.5) is 0 Å². The van der Waals surface area contributed by atoms with E-state index in [1.807, 2.05) is 91.0 Å². The number of benzene rings is 3. The summed E-state index contributed by atoms with van der Waals surface area (Å²) in [6, 6.07) is 29.9. The molecule has 9 nitrogen and oxygen atoms in total. The summed E-state index contributed by atoms with van der Waals surface area (Å²) in [5, 5.41) is 2.28. The van der Waals surface area contributed by atoms with E-state index in [1.54, 1.807) is 0 Å². The van der Waals surface area contributed by atoms with Gasteiger partial charge in [0.25, 0.3) is 5.56 Å². The van der Waals surface area contributed by atoms with E-state index < -0.39 is 50.3 Å². The quantitative estimate of drug-likeness (QED) is 0.333. The summed E-state index contributed by atoms with van der Waals surface area (Å²) < 4.78 is 41.2. The van der Waals surface area contributed by atoms with Gasteiger partial charge < -0.3 is 14.8 Å².